The monoisotopic (exact) mass is 280 g/mol. The van der Waals surface area contributed by atoms with Crippen molar-refractivity contribution in [3.63, 3.8) is 0 Å². The van der Waals surface area contributed by atoms with Crippen molar-refractivity contribution < 1.29 is 9.59 Å². The van der Waals surface area contributed by atoms with Gasteiger partial charge >= 0.3 is 0 Å². The van der Waals surface area contributed by atoms with E-state index in [-0.39, 0.29) is 30.2 Å². The summed E-state index contributed by atoms with van der Waals surface area (Å²) in [6.45, 7) is 0. The number of ketones is 2. The number of fused-ring (bicyclic) bond motifs is 1. The van der Waals surface area contributed by atoms with Crippen molar-refractivity contribution in [2.45, 2.75) is 12.8 Å². The number of Topliss-reactive ketones (excluding diaryl/α,β-unsaturated/α-hetero) is 2. The molecule has 0 radical (unpaired) electrons. The van der Waals surface area contributed by atoms with Gasteiger partial charge in [0, 0.05) is 30.6 Å². The van der Waals surface area contributed by atoms with Crippen LogP contribution in [-0.4, -0.2) is 31.7 Å². The van der Waals surface area contributed by atoms with Gasteiger partial charge in [0.1, 0.15) is 5.69 Å². The molecule has 2 aromatic heterocycles. The second-order valence-electron chi connectivity index (χ2n) is 4.54. The molecule has 6 nitrogen and oxygen atoms in total. The third kappa shape index (κ3) is 2.69. The molecule has 0 saturated heterocycles. The average Bonchev–Trinajstić information content (AvgIpc) is 2.97. The molecular formula is C15H12N4O2. The highest BCUT2D eigenvalue weighted by molar-refractivity contribution is 6.07. The molecule has 0 bridgehead atoms. The molecule has 0 saturated carbocycles. The summed E-state index contributed by atoms with van der Waals surface area (Å²) in [5.41, 5.74) is 1.17. The third-order valence-corrected chi connectivity index (χ3v) is 3.13. The summed E-state index contributed by atoms with van der Waals surface area (Å²) in [6.07, 6.45) is 3.17. The van der Waals surface area contributed by atoms with Crippen LogP contribution in [0, 0.1) is 0 Å². The highest BCUT2D eigenvalue weighted by atomic mass is 16.1. The Morgan fingerprint density at radius 1 is 0.952 bits per heavy atom. The SMILES string of the molecule is O=C(CCC(=O)c1n[nH]c2ccccc12)c1ncccn1. The molecule has 3 rings (SSSR count). The Kier molecular flexibility index (Phi) is 3.51. The van der Waals surface area contributed by atoms with Gasteiger partial charge in [-0.3, -0.25) is 14.7 Å². The lowest BCUT2D eigenvalue weighted by Crippen LogP contribution is -2.08. The second kappa shape index (κ2) is 5.62. The number of carbonyl (C=O) groups excluding carboxylic acids is 2. The largest absolute Gasteiger partial charge is 0.292 e. The molecule has 6 heteroatoms. The number of benzene rings is 1. The zero-order chi connectivity index (χ0) is 14.7. The quantitative estimate of drug-likeness (QED) is 0.724. The minimum atomic E-state index is -0.246. The summed E-state index contributed by atoms with van der Waals surface area (Å²) in [4.78, 5) is 31.8. The van der Waals surface area contributed by atoms with Crippen LogP contribution in [0.4, 0.5) is 0 Å². The summed E-state index contributed by atoms with van der Waals surface area (Å²) < 4.78 is 0. The molecular weight excluding hydrogens is 268 g/mol. The maximum absolute atomic E-state index is 12.2. The molecule has 0 amide bonds. The van der Waals surface area contributed by atoms with Crippen molar-refractivity contribution in [1.29, 1.82) is 0 Å². The maximum Gasteiger partial charge on any atom is 0.200 e. The average molecular weight is 280 g/mol. The van der Waals surface area contributed by atoms with Gasteiger partial charge < -0.3 is 0 Å². The van der Waals surface area contributed by atoms with Crippen LogP contribution in [0.5, 0.6) is 0 Å². The van der Waals surface area contributed by atoms with Crippen molar-refractivity contribution in [3.8, 4) is 0 Å². The summed E-state index contributed by atoms with van der Waals surface area (Å²) in [6, 6.07) is 9.02. The number of aromatic amines is 1. The van der Waals surface area contributed by atoms with Crippen molar-refractivity contribution in [2.75, 3.05) is 0 Å². The van der Waals surface area contributed by atoms with Crippen molar-refractivity contribution in [2.24, 2.45) is 0 Å². The van der Waals surface area contributed by atoms with Crippen molar-refractivity contribution in [1.82, 2.24) is 20.2 Å². The fourth-order valence-corrected chi connectivity index (χ4v) is 2.08. The fourth-order valence-electron chi connectivity index (χ4n) is 2.08. The van der Waals surface area contributed by atoms with Crippen LogP contribution >= 0.6 is 0 Å². The number of H-pyrrole nitrogens is 1. The number of para-hydroxylation sites is 1. The first-order chi connectivity index (χ1) is 10.3. The van der Waals surface area contributed by atoms with Crippen LogP contribution in [-0.2, 0) is 0 Å². The molecule has 1 aromatic carbocycles. The Morgan fingerprint density at radius 3 is 2.48 bits per heavy atom. The molecule has 0 aliphatic carbocycles. The van der Waals surface area contributed by atoms with Gasteiger partial charge in [0.05, 0.1) is 5.52 Å². The van der Waals surface area contributed by atoms with E-state index in [0.717, 1.165) is 10.9 Å². The number of rotatable bonds is 5. The highest BCUT2D eigenvalue weighted by Crippen LogP contribution is 2.17. The molecule has 0 atom stereocenters. The Balaban J connectivity index is 1.71. The predicted octanol–water partition coefficient (Wildman–Crippen LogP) is 2.20. The Labute approximate surface area is 120 Å². The number of aromatic nitrogens is 4. The Hall–Kier alpha value is -2.89. The van der Waals surface area contributed by atoms with Gasteiger partial charge in [-0.15, -0.1) is 0 Å². The number of nitrogens with one attached hydrogen (secondary N) is 1. The molecule has 0 aliphatic rings. The smallest absolute Gasteiger partial charge is 0.200 e. The molecule has 1 N–H and O–H groups in total. The van der Waals surface area contributed by atoms with Crippen LogP contribution in [0.25, 0.3) is 10.9 Å². The normalized spacial score (nSPS) is 10.7. The number of nitrogens with zero attached hydrogens (tertiary/aromatic N) is 3. The lowest BCUT2D eigenvalue weighted by Gasteiger charge is -1.98. The van der Waals surface area contributed by atoms with E-state index in [9.17, 15) is 9.59 Å². The summed E-state index contributed by atoms with van der Waals surface area (Å²) in [7, 11) is 0. The zero-order valence-corrected chi connectivity index (χ0v) is 11.1. The molecule has 0 aliphatic heterocycles. The van der Waals surface area contributed by atoms with Gasteiger partial charge in [-0.1, -0.05) is 18.2 Å². The minimum absolute atomic E-state index is 0.0734. The van der Waals surface area contributed by atoms with Crippen LogP contribution < -0.4 is 0 Å². The van der Waals surface area contributed by atoms with E-state index >= 15 is 0 Å². The first-order valence-electron chi connectivity index (χ1n) is 6.52. The van der Waals surface area contributed by atoms with Crippen LogP contribution in [0.1, 0.15) is 33.9 Å². The van der Waals surface area contributed by atoms with Gasteiger partial charge in [-0.25, -0.2) is 9.97 Å². The lowest BCUT2D eigenvalue weighted by atomic mass is 10.1. The van der Waals surface area contributed by atoms with Gasteiger partial charge in [-0.2, -0.15) is 5.10 Å². The van der Waals surface area contributed by atoms with E-state index in [1.54, 1.807) is 6.07 Å². The zero-order valence-electron chi connectivity index (χ0n) is 11.1. The van der Waals surface area contributed by atoms with Crippen molar-refractivity contribution >= 4 is 22.5 Å². The fraction of sp³-hybridized carbons (Fsp3) is 0.133. The summed E-state index contributed by atoms with van der Waals surface area (Å²) >= 11 is 0. The molecule has 21 heavy (non-hydrogen) atoms. The third-order valence-electron chi connectivity index (χ3n) is 3.13. The number of hydrogen-bond acceptors (Lipinski definition) is 5. The topological polar surface area (TPSA) is 88.6 Å². The molecule has 2 heterocycles. The van der Waals surface area contributed by atoms with E-state index < -0.39 is 0 Å². The van der Waals surface area contributed by atoms with Crippen molar-refractivity contribution in [3.05, 3.63) is 54.2 Å². The summed E-state index contributed by atoms with van der Waals surface area (Å²) in [5.74, 6) is -0.280. The molecule has 0 unspecified atom stereocenters. The minimum Gasteiger partial charge on any atom is -0.292 e. The van der Waals surface area contributed by atoms with E-state index in [1.807, 2.05) is 24.3 Å². The van der Waals surface area contributed by atoms with E-state index in [2.05, 4.69) is 20.2 Å². The summed E-state index contributed by atoms with van der Waals surface area (Å²) in [5, 5.41) is 7.61. The number of carbonyl (C=O) groups is 2. The van der Waals surface area contributed by atoms with Crippen LogP contribution in [0.3, 0.4) is 0 Å². The second-order valence-corrected chi connectivity index (χ2v) is 4.54. The molecule has 104 valence electrons. The Bertz CT molecular complexity index is 796. The van der Waals surface area contributed by atoms with Gasteiger partial charge in [0.2, 0.25) is 0 Å². The lowest BCUT2D eigenvalue weighted by molar-refractivity contribution is 0.0910. The molecule has 3 aromatic rings. The standard InChI is InChI=1S/C15H12N4O2/c20-12(6-7-13(21)15-16-8-3-9-17-15)14-10-4-1-2-5-11(10)18-19-14/h1-5,8-9H,6-7H2,(H,18,19). The van der Waals surface area contributed by atoms with Gasteiger partial charge in [0.15, 0.2) is 17.4 Å². The van der Waals surface area contributed by atoms with E-state index in [4.69, 9.17) is 0 Å². The van der Waals surface area contributed by atoms with Crippen LogP contribution in [0.2, 0.25) is 0 Å². The van der Waals surface area contributed by atoms with Gasteiger partial charge in [0.25, 0.3) is 0 Å². The Morgan fingerprint density at radius 2 is 1.67 bits per heavy atom. The first-order valence-corrected chi connectivity index (χ1v) is 6.52. The van der Waals surface area contributed by atoms with E-state index in [0.29, 0.717) is 5.69 Å². The maximum atomic E-state index is 12.2. The molecule has 0 fully saturated rings. The van der Waals surface area contributed by atoms with Gasteiger partial charge in [-0.05, 0) is 12.1 Å². The van der Waals surface area contributed by atoms with E-state index in [1.165, 1.54) is 12.4 Å². The predicted molar refractivity (Wildman–Crippen MR) is 76.0 cm³/mol. The first kappa shape index (κ1) is 13.1. The highest BCUT2D eigenvalue weighted by Gasteiger charge is 2.16. The number of hydrogen-bond donors (Lipinski definition) is 1. The van der Waals surface area contributed by atoms with Crippen LogP contribution in [0.15, 0.2) is 42.7 Å². The molecule has 0 spiro atoms.